The van der Waals surface area contributed by atoms with Crippen molar-refractivity contribution in [1.29, 1.82) is 0 Å². The zero-order chi connectivity index (χ0) is 14.8. The minimum atomic E-state index is -5.18. The lowest BCUT2D eigenvalue weighted by molar-refractivity contribution is -0.276. The van der Waals surface area contributed by atoms with Crippen LogP contribution in [0, 0.1) is 0 Å². The molecule has 0 fully saturated rings. The summed E-state index contributed by atoms with van der Waals surface area (Å²) in [6, 6.07) is 0.267. The van der Waals surface area contributed by atoms with Crippen LogP contribution in [0.15, 0.2) is 6.07 Å². The quantitative estimate of drug-likeness (QED) is 0.862. The van der Waals surface area contributed by atoms with E-state index in [4.69, 9.17) is 5.11 Å². The summed E-state index contributed by atoms with van der Waals surface area (Å²) in [6.07, 6.45) is -8.44. The monoisotopic (exact) mass is 287 g/mol. The highest BCUT2D eigenvalue weighted by Gasteiger charge is 2.34. The first-order chi connectivity index (χ1) is 8.65. The predicted molar refractivity (Wildman–Crippen MR) is 49.4 cm³/mol. The summed E-state index contributed by atoms with van der Waals surface area (Å²) in [5, 5.41) is 8.70. The molecule has 0 radical (unpaired) electrons. The number of carboxylic acids is 1. The van der Waals surface area contributed by atoms with Gasteiger partial charge >= 0.3 is 12.3 Å². The Morgan fingerprint density at radius 2 is 2.00 bits per heavy atom. The minimum Gasteiger partial charge on any atom is -0.494 e. The van der Waals surface area contributed by atoms with E-state index in [-0.39, 0.29) is 6.07 Å². The number of rotatable bonds is 4. The number of carboxylic acid groups (broad SMARTS) is 1. The number of alkyl halides is 5. The normalized spacial score (nSPS) is 11.5. The van der Waals surface area contributed by atoms with E-state index >= 15 is 0 Å². The molecule has 5 nitrogen and oxygen atoms in total. The summed E-state index contributed by atoms with van der Waals surface area (Å²) in [5.74, 6) is -3.95. The van der Waals surface area contributed by atoms with Crippen LogP contribution in [0.4, 0.5) is 22.0 Å². The van der Waals surface area contributed by atoms with Crippen LogP contribution in [0.2, 0.25) is 0 Å². The largest absolute Gasteiger partial charge is 0.574 e. The fraction of sp³-hybridized carbons (Fsp3) is 0.333. The van der Waals surface area contributed by atoms with Crippen LogP contribution >= 0.6 is 0 Å². The Morgan fingerprint density at radius 1 is 1.42 bits per heavy atom. The Kier molecular flexibility index (Phi) is 4.12. The van der Waals surface area contributed by atoms with Gasteiger partial charge in [-0.3, -0.25) is 0 Å². The molecule has 10 heteroatoms. The molecule has 0 atom stereocenters. The molecule has 0 aliphatic carbocycles. The lowest BCUT2D eigenvalue weighted by atomic mass is 10.2. The van der Waals surface area contributed by atoms with E-state index in [1.54, 1.807) is 0 Å². The van der Waals surface area contributed by atoms with Crippen LogP contribution in [-0.4, -0.2) is 29.5 Å². The lowest BCUT2D eigenvalue weighted by Crippen LogP contribution is -2.19. The molecule has 0 spiro atoms. The second-order valence-corrected chi connectivity index (χ2v) is 3.09. The number of ether oxygens (including phenoxy) is 2. The smallest absolute Gasteiger partial charge is 0.494 e. The van der Waals surface area contributed by atoms with Gasteiger partial charge in [0.1, 0.15) is 0 Å². The molecule has 0 aromatic carbocycles. The first-order valence-electron chi connectivity index (χ1n) is 4.51. The van der Waals surface area contributed by atoms with Crippen LogP contribution in [-0.2, 0) is 0 Å². The molecule has 1 aromatic rings. The Morgan fingerprint density at radius 3 is 2.37 bits per heavy atom. The van der Waals surface area contributed by atoms with Gasteiger partial charge in [-0.2, -0.15) is 0 Å². The standard InChI is InChI=1S/C9H6F5NO4/c1-18-6-3(7(10)11)2-4(19-9(12,13)14)15-5(6)8(16)17/h2,7H,1H3,(H,16,17). The summed E-state index contributed by atoms with van der Waals surface area (Å²) >= 11 is 0. The van der Waals surface area contributed by atoms with Crippen LogP contribution in [0.25, 0.3) is 0 Å². The molecular weight excluding hydrogens is 281 g/mol. The molecule has 1 aromatic heterocycles. The number of methoxy groups -OCH3 is 1. The van der Waals surface area contributed by atoms with Crippen molar-refractivity contribution in [3.05, 3.63) is 17.3 Å². The van der Waals surface area contributed by atoms with Gasteiger partial charge in [-0.25, -0.2) is 18.6 Å². The maximum atomic E-state index is 12.6. The van der Waals surface area contributed by atoms with Crippen molar-refractivity contribution in [3.8, 4) is 11.6 Å². The molecule has 0 unspecified atom stereocenters. The lowest BCUT2D eigenvalue weighted by Gasteiger charge is -2.13. The van der Waals surface area contributed by atoms with Gasteiger partial charge in [0, 0.05) is 6.07 Å². The zero-order valence-electron chi connectivity index (χ0n) is 9.16. The molecule has 0 amide bonds. The number of carbonyl (C=O) groups is 1. The van der Waals surface area contributed by atoms with Crippen molar-refractivity contribution in [2.45, 2.75) is 12.8 Å². The van der Waals surface area contributed by atoms with Crippen molar-refractivity contribution >= 4 is 5.97 Å². The Labute approximate surface area is 102 Å². The van der Waals surface area contributed by atoms with Gasteiger partial charge in [0.25, 0.3) is 6.43 Å². The van der Waals surface area contributed by atoms with Gasteiger partial charge in [0.2, 0.25) is 5.88 Å². The van der Waals surface area contributed by atoms with E-state index in [0.29, 0.717) is 0 Å². The average Bonchev–Trinajstić information content (AvgIpc) is 2.25. The molecule has 106 valence electrons. The number of aromatic carboxylic acids is 1. The topological polar surface area (TPSA) is 68.7 Å². The third-order valence-electron chi connectivity index (χ3n) is 1.84. The van der Waals surface area contributed by atoms with Gasteiger partial charge in [0.15, 0.2) is 11.4 Å². The highest BCUT2D eigenvalue weighted by molar-refractivity contribution is 5.89. The Bertz CT molecular complexity index is 488. The Hall–Kier alpha value is -2.13. The molecule has 0 aliphatic heterocycles. The number of nitrogens with zero attached hydrogens (tertiary/aromatic N) is 1. The molecule has 0 saturated heterocycles. The SMILES string of the molecule is COc1c(C(F)F)cc(OC(F)(F)F)nc1C(=O)O. The minimum absolute atomic E-state index is 0.267. The number of aromatic nitrogens is 1. The second kappa shape index (κ2) is 5.24. The third-order valence-corrected chi connectivity index (χ3v) is 1.84. The molecule has 1 N–H and O–H groups in total. The maximum Gasteiger partial charge on any atom is 0.574 e. The molecule has 0 bridgehead atoms. The van der Waals surface area contributed by atoms with Crippen LogP contribution < -0.4 is 9.47 Å². The van der Waals surface area contributed by atoms with Gasteiger partial charge in [-0.1, -0.05) is 0 Å². The molecular formula is C9H6F5NO4. The van der Waals surface area contributed by atoms with Crippen molar-refractivity contribution in [1.82, 2.24) is 4.98 Å². The van der Waals surface area contributed by atoms with E-state index in [1.807, 2.05) is 0 Å². The summed E-state index contributed by atoms with van der Waals surface area (Å²) < 4.78 is 68.9. The van der Waals surface area contributed by atoms with Crippen molar-refractivity contribution < 1.29 is 41.3 Å². The summed E-state index contributed by atoms with van der Waals surface area (Å²) in [6.45, 7) is 0. The first-order valence-corrected chi connectivity index (χ1v) is 4.51. The van der Waals surface area contributed by atoms with Gasteiger partial charge in [-0.05, 0) is 0 Å². The zero-order valence-corrected chi connectivity index (χ0v) is 9.16. The van der Waals surface area contributed by atoms with Gasteiger partial charge in [0.05, 0.1) is 12.7 Å². The molecule has 1 heterocycles. The molecule has 19 heavy (non-hydrogen) atoms. The van der Waals surface area contributed by atoms with Gasteiger partial charge < -0.3 is 14.6 Å². The molecule has 1 rings (SSSR count). The number of hydrogen-bond acceptors (Lipinski definition) is 4. The van der Waals surface area contributed by atoms with Crippen molar-refractivity contribution in [2.24, 2.45) is 0 Å². The maximum absolute atomic E-state index is 12.6. The van der Waals surface area contributed by atoms with Crippen LogP contribution in [0.3, 0.4) is 0 Å². The highest BCUT2D eigenvalue weighted by atomic mass is 19.4. The predicted octanol–water partition coefficient (Wildman–Crippen LogP) is 2.62. The summed E-state index contributed by atoms with van der Waals surface area (Å²) in [7, 11) is 0.889. The fourth-order valence-electron chi connectivity index (χ4n) is 1.22. The average molecular weight is 287 g/mol. The number of halogens is 5. The third kappa shape index (κ3) is 3.66. The van der Waals surface area contributed by atoms with Gasteiger partial charge in [-0.15, -0.1) is 13.2 Å². The molecule has 0 saturated carbocycles. The van der Waals surface area contributed by atoms with E-state index in [2.05, 4.69) is 14.5 Å². The first kappa shape index (κ1) is 14.9. The van der Waals surface area contributed by atoms with E-state index < -0.39 is 41.6 Å². The van der Waals surface area contributed by atoms with Crippen LogP contribution in [0.1, 0.15) is 22.5 Å². The summed E-state index contributed by atoms with van der Waals surface area (Å²) in [4.78, 5) is 13.7. The van der Waals surface area contributed by atoms with E-state index in [9.17, 15) is 26.7 Å². The second-order valence-electron chi connectivity index (χ2n) is 3.09. The summed E-state index contributed by atoms with van der Waals surface area (Å²) in [5.41, 5.74) is -2.16. The highest BCUT2D eigenvalue weighted by Crippen LogP contribution is 2.35. The van der Waals surface area contributed by atoms with Crippen molar-refractivity contribution in [2.75, 3.05) is 7.11 Å². The molecule has 0 aliphatic rings. The van der Waals surface area contributed by atoms with E-state index in [1.165, 1.54) is 0 Å². The Balaban J connectivity index is 3.41. The number of pyridine rings is 1. The van der Waals surface area contributed by atoms with Crippen LogP contribution in [0.5, 0.6) is 11.6 Å². The van der Waals surface area contributed by atoms with Crippen molar-refractivity contribution in [3.63, 3.8) is 0 Å². The fourth-order valence-corrected chi connectivity index (χ4v) is 1.22. The number of hydrogen-bond donors (Lipinski definition) is 1. The van der Waals surface area contributed by atoms with E-state index in [0.717, 1.165) is 7.11 Å².